The van der Waals surface area contributed by atoms with Crippen molar-refractivity contribution in [1.29, 1.82) is 0 Å². The summed E-state index contributed by atoms with van der Waals surface area (Å²) in [5, 5.41) is -1.09. The molecule has 0 aliphatic heterocycles. The van der Waals surface area contributed by atoms with E-state index in [1.165, 1.54) is 0 Å². The molecular formula is C6H12F2N2O2S2. The molecule has 0 radical (unpaired) electrons. The summed E-state index contributed by atoms with van der Waals surface area (Å²) in [5.74, 6) is 0. The van der Waals surface area contributed by atoms with E-state index >= 15 is 0 Å². The van der Waals surface area contributed by atoms with Crippen molar-refractivity contribution in [1.82, 2.24) is 4.72 Å². The van der Waals surface area contributed by atoms with E-state index in [9.17, 15) is 17.2 Å². The van der Waals surface area contributed by atoms with Gasteiger partial charge in [0.2, 0.25) is 10.0 Å². The van der Waals surface area contributed by atoms with Crippen LogP contribution in [0.1, 0.15) is 13.3 Å². The molecule has 0 aromatic carbocycles. The highest BCUT2D eigenvalue weighted by Crippen LogP contribution is 2.05. The molecule has 1 atom stereocenters. The van der Waals surface area contributed by atoms with E-state index in [1.807, 2.05) is 0 Å². The Morgan fingerprint density at radius 3 is 2.36 bits per heavy atom. The smallest absolute Gasteiger partial charge is 0.251 e. The van der Waals surface area contributed by atoms with Gasteiger partial charge in [-0.15, -0.1) is 0 Å². The molecule has 0 bridgehead atoms. The minimum atomic E-state index is -3.86. The summed E-state index contributed by atoms with van der Waals surface area (Å²) >= 11 is 4.52. The highest BCUT2D eigenvalue weighted by Gasteiger charge is 2.26. The maximum absolute atomic E-state index is 11.7. The van der Waals surface area contributed by atoms with E-state index in [0.29, 0.717) is 0 Å². The van der Waals surface area contributed by atoms with Crippen LogP contribution in [0.5, 0.6) is 0 Å². The Hall–Kier alpha value is -0.340. The van der Waals surface area contributed by atoms with Crippen LogP contribution in [0.25, 0.3) is 0 Å². The fourth-order valence-electron chi connectivity index (χ4n) is 0.853. The monoisotopic (exact) mass is 246 g/mol. The van der Waals surface area contributed by atoms with Crippen LogP contribution in [-0.4, -0.2) is 31.6 Å². The lowest BCUT2D eigenvalue weighted by Gasteiger charge is -2.14. The lowest BCUT2D eigenvalue weighted by molar-refractivity contribution is 0.153. The number of alkyl halides is 2. The largest absolute Gasteiger partial charge is 0.392 e. The van der Waals surface area contributed by atoms with Crippen LogP contribution < -0.4 is 10.5 Å². The van der Waals surface area contributed by atoms with Gasteiger partial charge in [0.1, 0.15) is 5.25 Å². The second-order valence-corrected chi connectivity index (χ2v) is 5.00. The maximum Gasteiger partial charge on any atom is 0.251 e. The average molecular weight is 246 g/mol. The number of thiocarbonyl (C=S) groups is 1. The molecule has 3 N–H and O–H groups in total. The van der Waals surface area contributed by atoms with Gasteiger partial charge in [-0.05, 0) is 6.42 Å². The van der Waals surface area contributed by atoms with Crippen LogP contribution in [-0.2, 0) is 10.0 Å². The molecule has 0 aliphatic carbocycles. The van der Waals surface area contributed by atoms with Crippen molar-refractivity contribution < 1.29 is 17.2 Å². The van der Waals surface area contributed by atoms with Crippen LogP contribution in [0, 0.1) is 0 Å². The topological polar surface area (TPSA) is 72.2 Å². The number of nitrogens with two attached hydrogens (primary N) is 1. The summed E-state index contributed by atoms with van der Waals surface area (Å²) in [7, 11) is -3.86. The number of sulfonamides is 1. The van der Waals surface area contributed by atoms with E-state index in [0.717, 1.165) is 0 Å². The number of rotatable bonds is 6. The zero-order valence-electron chi connectivity index (χ0n) is 7.54. The fourth-order valence-corrected chi connectivity index (χ4v) is 2.70. The number of halogens is 2. The van der Waals surface area contributed by atoms with Gasteiger partial charge in [-0.25, -0.2) is 21.9 Å². The van der Waals surface area contributed by atoms with Gasteiger partial charge in [0.05, 0.1) is 11.5 Å². The summed E-state index contributed by atoms with van der Waals surface area (Å²) in [6.45, 7) is 0.646. The van der Waals surface area contributed by atoms with E-state index in [1.54, 1.807) is 11.6 Å². The Balaban J connectivity index is 4.51. The minimum absolute atomic E-state index is 0.161. The van der Waals surface area contributed by atoms with Crippen molar-refractivity contribution in [3.8, 4) is 0 Å². The number of hydrogen-bond donors (Lipinski definition) is 2. The van der Waals surface area contributed by atoms with Crippen molar-refractivity contribution in [2.75, 3.05) is 6.54 Å². The normalized spacial score (nSPS) is 14.3. The van der Waals surface area contributed by atoms with Gasteiger partial charge in [-0.2, -0.15) is 0 Å². The fraction of sp³-hybridized carbons (Fsp3) is 0.833. The zero-order valence-corrected chi connectivity index (χ0v) is 9.17. The van der Waals surface area contributed by atoms with E-state index in [2.05, 4.69) is 12.2 Å². The first kappa shape index (κ1) is 13.7. The lowest BCUT2D eigenvalue weighted by Crippen LogP contribution is -2.43. The Bertz CT molecular complexity index is 292. The lowest BCUT2D eigenvalue weighted by atomic mass is 10.3. The summed E-state index contributed by atoms with van der Waals surface area (Å²) < 4.78 is 47.8. The molecule has 0 rings (SSSR count). The molecule has 0 aromatic heterocycles. The molecule has 0 heterocycles. The van der Waals surface area contributed by atoms with Crippen LogP contribution in [0.2, 0.25) is 0 Å². The van der Waals surface area contributed by atoms with Crippen LogP contribution >= 0.6 is 12.2 Å². The van der Waals surface area contributed by atoms with Crippen molar-refractivity contribution in [2.45, 2.75) is 25.0 Å². The van der Waals surface area contributed by atoms with Gasteiger partial charge in [0.15, 0.2) is 0 Å². The minimum Gasteiger partial charge on any atom is -0.392 e. The van der Waals surface area contributed by atoms with Gasteiger partial charge in [0.25, 0.3) is 6.43 Å². The first-order valence-electron chi connectivity index (χ1n) is 3.87. The Labute approximate surface area is 86.9 Å². The highest BCUT2D eigenvalue weighted by atomic mass is 32.2. The van der Waals surface area contributed by atoms with Gasteiger partial charge in [-0.3, -0.25) is 0 Å². The molecule has 0 fully saturated rings. The third-order valence-corrected chi connectivity index (χ3v) is 3.84. The highest BCUT2D eigenvalue weighted by molar-refractivity contribution is 7.93. The first-order valence-corrected chi connectivity index (χ1v) is 5.82. The van der Waals surface area contributed by atoms with Gasteiger partial charge in [-0.1, -0.05) is 19.1 Å². The van der Waals surface area contributed by atoms with Crippen molar-refractivity contribution in [3.63, 3.8) is 0 Å². The van der Waals surface area contributed by atoms with Gasteiger partial charge < -0.3 is 5.73 Å². The zero-order chi connectivity index (χ0) is 11.4. The third kappa shape index (κ3) is 4.25. The molecule has 1 unspecified atom stereocenters. The molecule has 14 heavy (non-hydrogen) atoms. The maximum atomic E-state index is 11.7. The van der Waals surface area contributed by atoms with E-state index in [4.69, 9.17) is 5.73 Å². The quantitative estimate of drug-likeness (QED) is 0.658. The Morgan fingerprint density at radius 1 is 1.57 bits per heavy atom. The second kappa shape index (κ2) is 5.52. The predicted molar refractivity (Wildman–Crippen MR) is 53.8 cm³/mol. The van der Waals surface area contributed by atoms with Crippen LogP contribution in [0.4, 0.5) is 8.78 Å². The molecule has 0 spiro atoms. The molecule has 84 valence electrons. The molecule has 0 aromatic rings. The SMILES string of the molecule is CCC(C(N)=S)S(=O)(=O)NCC(F)F. The number of nitrogens with one attached hydrogen (secondary N) is 1. The third-order valence-electron chi connectivity index (χ3n) is 1.50. The van der Waals surface area contributed by atoms with E-state index < -0.39 is 28.2 Å². The molecule has 0 amide bonds. The van der Waals surface area contributed by atoms with Gasteiger partial charge in [0, 0.05) is 0 Å². The van der Waals surface area contributed by atoms with Crippen LogP contribution in [0.3, 0.4) is 0 Å². The summed E-state index contributed by atoms with van der Waals surface area (Å²) in [6.07, 6.45) is -2.57. The van der Waals surface area contributed by atoms with Crippen molar-refractivity contribution in [2.24, 2.45) is 5.73 Å². The average Bonchev–Trinajstić information content (AvgIpc) is 2.01. The predicted octanol–water partition coefficient (Wildman–Crippen LogP) is 0.236. The molecule has 8 heteroatoms. The molecule has 0 saturated carbocycles. The van der Waals surface area contributed by atoms with Crippen molar-refractivity contribution >= 4 is 27.2 Å². The van der Waals surface area contributed by atoms with Gasteiger partial charge >= 0.3 is 0 Å². The summed E-state index contributed by atoms with van der Waals surface area (Å²) in [4.78, 5) is -0.214. The Morgan fingerprint density at radius 2 is 2.07 bits per heavy atom. The van der Waals surface area contributed by atoms with E-state index in [-0.39, 0.29) is 11.4 Å². The second-order valence-electron chi connectivity index (χ2n) is 2.58. The molecule has 0 saturated heterocycles. The first-order chi connectivity index (χ1) is 6.31. The van der Waals surface area contributed by atoms with Crippen molar-refractivity contribution in [3.05, 3.63) is 0 Å². The molecule has 4 nitrogen and oxygen atoms in total. The van der Waals surface area contributed by atoms with Crippen LogP contribution in [0.15, 0.2) is 0 Å². The molecule has 0 aliphatic rings. The summed E-state index contributed by atoms with van der Waals surface area (Å²) in [6, 6.07) is 0. The standard InChI is InChI=1S/C6H12F2N2O2S2/c1-2-4(6(9)13)14(11,12)10-3-5(7)8/h4-5,10H,2-3H2,1H3,(H2,9,13). The summed E-state index contributed by atoms with van der Waals surface area (Å²) in [5.41, 5.74) is 5.16. The Kier molecular flexibility index (Phi) is 5.38. The molecular weight excluding hydrogens is 234 g/mol. The number of hydrogen-bond acceptors (Lipinski definition) is 3.